The van der Waals surface area contributed by atoms with Crippen LogP contribution in [0.1, 0.15) is 60.3 Å². The van der Waals surface area contributed by atoms with Crippen LogP contribution >= 0.6 is 0 Å². The second kappa shape index (κ2) is 16.0. The first-order chi connectivity index (χ1) is 23.1. The molecule has 6 nitrogen and oxygen atoms in total. The second-order valence-corrected chi connectivity index (χ2v) is 13.0. The van der Waals surface area contributed by atoms with Crippen LogP contribution in [0.3, 0.4) is 0 Å². The highest BCUT2D eigenvalue weighted by Gasteiger charge is 2.54. The minimum absolute atomic E-state index is 0.0483. The summed E-state index contributed by atoms with van der Waals surface area (Å²) < 4.78 is 6.02. The predicted molar refractivity (Wildman–Crippen MR) is 187 cm³/mol. The van der Waals surface area contributed by atoms with E-state index in [9.17, 15) is 9.59 Å². The van der Waals surface area contributed by atoms with E-state index in [1.54, 1.807) is 0 Å². The fraction of sp³-hybridized carbons (Fsp3) is 0.366. The maximum absolute atomic E-state index is 14.4. The number of carbonyl (C=O) groups excluding carboxylic acids is 2. The highest BCUT2D eigenvalue weighted by molar-refractivity contribution is 6.00. The molecule has 0 aliphatic carbocycles. The van der Waals surface area contributed by atoms with E-state index >= 15 is 0 Å². The van der Waals surface area contributed by atoms with Crippen molar-refractivity contribution in [2.45, 2.75) is 62.6 Å². The van der Waals surface area contributed by atoms with Crippen molar-refractivity contribution in [3.63, 3.8) is 0 Å². The zero-order valence-electron chi connectivity index (χ0n) is 27.3. The number of piperidine rings is 1. The first kappa shape index (κ1) is 32.7. The number of benzene rings is 4. The summed E-state index contributed by atoms with van der Waals surface area (Å²) >= 11 is 0. The molecule has 0 radical (unpaired) electrons. The van der Waals surface area contributed by atoms with Crippen LogP contribution < -0.4 is 5.32 Å². The van der Waals surface area contributed by atoms with E-state index in [1.165, 1.54) is 18.4 Å². The molecule has 6 heteroatoms. The Morgan fingerprint density at radius 2 is 1.26 bits per heavy atom. The summed E-state index contributed by atoms with van der Waals surface area (Å²) in [6.07, 6.45) is 5.87. The van der Waals surface area contributed by atoms with Gasteiger partial charge in [-0.15, -0.1) is 0 Å². The smallest absolute Gasteiger partial charge is 0.248 e. The van der Waals surface area contributed by atoms with Crippen LogP contribution in [0.25, 0.3) is 0 Å². The SMILES string of the molecule is O=C1C(COCc2ccccc2)NC(=O)C2(CCN(CCCCCc3ccccc3)CC2)N1CC(c1ccccc1)c1ccccc1. The molecule has 4 aromatic carbocycles. The van der Waals surface area contributed by atoms with Gasteiger partial charge in [0.1, 0.15) is 11.6 Å². The summed E-state index contributed by atoms with van der Waals surface area (Å²) in [6, 6.07) is 40.6. The lowest BCUT2D eigenvalue weighted by molar-refractivity contribution is -0.163. The third-order valence-electron chi connectivity index (χ3n) is 9.94. The number of unbranched alkanes of at least 4 members (excludes halogenated alkanes) is 2. The molecule has 1 unspecified atom stereocenters. The third-order valence-corrected chi connectivity index (χ3v) is 9.94. The Labute approximate surface area is 279 Å². The minimum Gasteiger partial charge on any atom is -0.374 e. The Morgan fingerprint density at radius 3 is 1.85 bits per heavy atom. The van der Waals surface area contributed by atoms with Crippen molar-refractivity contribution in [2.75, 3.05) is 32.8 Å². The first-order valence-electron chi connectivity index (χ1n) is 17.2. The molecule has 1 atom stereocenters. The van der Waals surface area contributed by atoms with Crippen molar-refractivity contribution in [3.05, 3.63) is 144 Å². The van der Waals surface area contributed by atoms with Crippen LogP contribution in [0.2, 0.25) is 0 Å². The van der Waals surface area contributed by atoms with Crippen molar-refractivity contribution in [1.29, 1.82) is 0 Å². The van der Waals surface area contributed by atoms with Gasteiger partial charge in [0.2, 0.25) is 11.8 Å². The number of aryl methyl sites for hydroxylation is 1. The Morgan fingerprint density at radius 1 is 0.702 bits per heavy atom. The highest BCUT2D eigenvalue weighted by atomic mass is 16.5. The fourth-order valence-corrected chi connectivity index (χ4v) is 7.21. The molecule has 1 N–H and O–H groups in total. The van der Waals surface area contributed by atoms with Gasteiger partial charge in [0.05, 0.1) is 13.2 Å². The number of amides is 2. The molecular weight excluding hydrogens is 582 g/mol. The average molecular weight is 630 g/mol. The largest absolute Gasteiger partial charge is 0.374 e. The van der Waals surface area contributed by atoms with Crippen molar-refractivity contribution < 1.29 is 14.3 Å². The van der Waals surface area contributed by atoms with E-state index < -0.39 is 11.6 Å². The zero-order valence-corrected chi connectivity index (χ0v) is 27.3. The topological polar surface area (TPSA) is 61.9 Å². The summed E-state index contributed by atoms with van der Waals surface area (Å²) in [5, 5.41) is 3.11. The fourth-order valence-electron chi connectivity index (χ4n) is 7.21. The highest BCUT2D eigenvalue weighted by Crippen LogP contribution is 2.37. The lowest BCUT2D eigenvalue weighted by Crippen LogP contribution is -2.73. The molecule has 1 spiro atoms. The molecule has 0 bridgehead atoms. The van der Waals surface area contributed by atoms with Gasteiger partial charge in [0.15, 0.2) is 0 Å². The summed E-state index contributed by atoms with van der Waals surface area (Å²) in [6.45, 7) is 3.59. The van der Waals surface area contributed by atoms with E-state index in [0.717, 1.165) is 49.2 Å². The number of rotatable bonds is 14. The van der Waals surface area contributed by atoms with Crippen molar-refractivity contribution in [1.82, 2.24) is 15.1 Å². The maximum Gasteiger partial charge on any atom is 0.248 e. The molecular formula is C41H47N3O3. The van der Waals surface area contributed by atoms with Gasteiger partial charge >= 0.3 is 0 Å². The van der Waals surface area contributed by atoms with Gasteiger partial charge in [-0.2, -0.15) is 0 Å². The monoisotopic (exact) mass is 629 g/mol. The van der Waals surface area contributed by atoms with Gasteiger partial charge in [0, 0.05) is 25.6 Å². The van der Waals surface area contributed by atoms with Gasteiger partial charge in [-0.1, -0.05) is 128 Å². The standard InChI is InChI=1S/C41H47N3O3/c45-39-38(32-47-31-34-19-8-2-9-20-34)42-40(46)41(25-28-43(29-26-41)27-15-5-10-18-33-16-6-1-7-17-33)44(39)30-37(35-21-11-3-12-22-35)36-23-13-4-14-24-36/h1-4,6-9,11-14,16-17,19-24,37-38H,5,10,15,18,25-32H2,(H,42,46). The van der Waals surface area contributed by atoms with E-state index in [-0.39, 0.29) is 24.3 Å². The molecule has 2 amide bonds. The van der Waals surface area contributed by atoms with E-state index in [1.807, 2.05) is 71.6 Å². The lowest BCUT2D eigenvalue weighted by atomic mass is 9.80. The van der Waals surface area contributed by atoms with Crippen LogP contribution in [-0.4, -0.2) is 66.0 Å². The molecule has 244 valence electrons. The molecule has 0 saturated carbocycles. The van der Waals surface area contributed by atoms with Crippen LogP contribution in [0.15, 0.2) is 121 Å². The lowest BCUT2D eigenvalue weighted by Gasteiger charge is -2.52. The number of ether oxygens (including phenoxy) is 1. The Balaban J connectivity index is 1.16. The summed E-state index contributed by atoms with van der Waals surface area (Å²) in [4.78, 5) is 33.0. The normalized spacial score (nSPS) is 18.1. The Hall–Kier alpha value is -4.26. The summed E-state index contributed by atoms with van der Waals surface area (Å²) in [5.74, 6) is -0.158. The summed E-state index contributed by atoms with van der Waals surface area (Å²) in [7, 11) is 0. The predicted octanol–water partition coefficient (Wildman–Crippen LogP) is 6.61. The minimum atomic E-state index is -0.876. The quantitative estimate of drug-likeness (QED) is 0.160. The van der Waals surface area contributed by atoms with Crippen LogP contribution in [-0.2, 0) is 27.4 Å². The van der Waals surface area contributed by atoms with Gasteiger partial charge < -0.3 is 19.9 Å². The maximum atomic E-state index is 14.4. The molecule has 0 aromatic heterocycles. The molecule has 2 heterocycles. The Bertz CT molecular complexity index is 1500. The molecule has 2 fully saturated rings. The number of hydrogen-bond donors (Lipinski definition) is 1. The van der Waals surface area contributed by atoms with E-state index in [2.05, 4.69) is 64.8 Å². The number of nitrogens with one attached hydrogen (secondary N) is 1. The number of piperazine rings is 1. The van der Waals surface area contributed by atoms with E-state index in [4.69, 9.17) is 4.74 Å². The van der Waals surface area contributed by atoms with E-state index in [0.29, 0.717) is 26.0 Å². The number of likely N-dealkylation sites (tertiary alicyclic amines) is 1. The van der Waals surface area contributed by atoms with Gasteiger partial charge in [0.25, 0.3) is 0 Å². The molecule has 6 rings (SSSR count). The number of carbonyl (C=O) groups is 2. The second-order valence-electron chi connectivity index (χ2n) is 13.0. The van der Waals surface area contributed by atoms with Crippen LogP contribution in [0.4, 0.5) is 0 Å². The summed E-state index contributed by atoms with van der Waals surface area (Å²) in [5.41, 5.74) is 3.83. The average Bonchev–Trinajstić information content (AvgIpc) is 3.13. The number of hydrogen-bond acceptors (Lipinski definition) is 4. The van der Waals surface area contributed by atoms with Crippen molar-refractivity contribution in [2.24, 2.45) is 0 Å². The third kappa shape index (κ3) is 8.19. The van der Waals surface area contributed by atoms with Crippen LogP contribution in [0, 0.1) is 0 Å². The van der Waals surface area contributed by atoms with Crippen molar-refractivity contribution >= 4 is 11.8 Å². The van der Waals surface area contributed by atoms with Crippen molar-refractivity contribution in [3.8, 4) is 0 Å². The zero-order chi connectivity index (χ0) is 32.3. The molecule has 2 saturated heterocycles. The van der Waals surface area contributed by atoms with Gasteiger partial charge in [-0.05, 0) is 60.9 Å². The molecule has 2 aliphatic rings. The first-order valence-corrected chi connectivity index (χ1v) is 17.2. The van der Waals surface area contributed by atoms with Gasteiger partial charge in [-0.25, -0.2) is 0 Å². The Kier molecular flexibility index (Phi) is 11.1. The molecule has 4 aromatic rings. The molecule has 2 aliphatic heterocycles. The van der Waals surface area contributed by atoms with Gasteiger partial charge in [-0.3, -0.25) is 9.59 Å². The molecule has 47 heavy (non-hydrogen) atoms. The van der Waals surface area contributed by atoms with Crippen LogP contribution in [0.5, 0.6) is 0 Å². The number of nitrogens with zero attached hydrogens (tertiary/aromatic N) is 2.